The van der Waals surface area contributed by atoms with Gasteiger partial charge in [0.05, 0.1) is 7.11 Å². The highest BCUT2D eigenvalue weighted by Crippen LogP contribution is 2.16. The van der Waals surface area contributed by atoms with E-state index in [4.69, 9.17) is 4.74 Å². The van der Waals surface area contributed by atoms with E-state index in [1.807, 2.05) is 38.1 Å². The van der Waals surface area contributed by atoms with Crippen LogP contribution in [-0.4, -0.2) is 19.1 Å². The SMILES string of the molecule is COC(=O)[C@H](NCc1ccccc1Br)C(C)C. The monoisotopic (exact) mass is 299 g/mol. The van der Waals surface area contributed by atoms with Gasteiger partial charge in [-0.1, -0.05) is 48.0 Å². The second-order valence-corrected chi connectivity index (χ2v) is 5.07. The van der Waals surface area contributed by atoms with Crippen LogP contribution >= 0.6 is 15.9 Å². The molecular formula is C13H18BrNO2. The van der Waals surface area contributed by atoms with Gasteiger partial charge in [-0.05, 0) is 17.5 Å². The first-order valence-corrected chi connectivity index (χ1v) is 6.40. The molecule has 0 bridgehead atoms. The topological polar surface area (TPSA) is 38.3 Å². The Hall–Kier alpha value is -0.870. The van der Waals surface area contributed by atoms with Crippen LogP contribution < -0.4 is 5.32 Å². The molecule has 0 aromatic heterocycles. The van der Waals surface area contributed by atoms with E-state index < -0.39 is 0 Å². The van der Waals surface area contributed by atoms with Gasteiger partial charge in [0.1, 0.15) is 6.04 Å². The highest BCUT2D eigenvalue weighted by atomic mass is 79.9. The zero-order chi connectivity index (χ0) is 12.8. The summed E-state index contributed by atoms with van der Waals surface area (Å²) >= 11 is 3.48. The van der Waals surface area contributed by atoms with E-state index in [9.17, 15) is 4.79 Å². The molecule has 1 atom stereocenters. The van der Waals surface area contributed by atoms with E-state index in [2.05, 4.69) is 21.2 Å². The lowest BCUT2D eigenvalue weighted by molar-refractivity contribution is -0.144. The molecule has 1 N–H and O–H groups in total. The molecule has 0 saturated heterocycles. The normalized spacial score (nSPS) is 12.5. The summed E-state index contributed by atoms with van der Waals surface area (Å²) in [7, 11) is 1.41. The van der Waals surface area contributed by atoms with Gasteiger partial charge < -0.3 is 10.1 Å². The predicted molar refractivity (Wildman–Crippen MR) is 71.6 cm³/mol. The molecule has 17 heavy (non-hydrogen) atoms. The molecule has 94 valence electrons. The molecule has 1 aromatic rings. The van der Waals surface area contributed by atoms with E-state index in [0.29, 0.717) is 6.54 Å². The van der Waals surface area contributed by atoms with Crippen molar-refractivity contribution in [1.82, 2.24) is 5.32 Å². The summed E-state index contributed by atoms with van der Waals surface area (Å²) in [5.74, 6) is -0.0167. The second kappa shape index (κ2) is 6.77. The summed E-state index contributed by atoms with van der Waals surface area (Å²) in [4.78, 5) is 11.6. The molecule has 0 unspecified atom stereocenters. The van der Waals surface area contributed by atoms with E-state index in [1.54, 1.807) is 0 Å². The fourth-order valence-corrected chi connectivity index (χ4v) is 2.00. The van der Waals surface area contributed by atoms with Gasteiger partial charge in [-0.25, -0.2) is 0 Å². The lowest BCUT2D eigenvalue weighted by atomic mass is 10.0. The number of benzene rings is 1. The molecule has 0 fully saturated rings. The largest absolute Gasteiger partial charge is 0.468 e. The van der Waals surface area contributed by atoms with Crippen LogP contribution in [0.25, 0.3) is 0 Å². The molecule has 0 saturated carbocycles. The number of halogens is 1. The molecule has 1 aromatic carbocycles. The van der Waals surface area contributed by atoms with E-state index in [1.165, 1.54) is 7.11 Å². The van der Waals surface area contributed by atoms with Crippen molar-refractivity contribution in [2.45, 2.75) is 26.4 Å². The Bertz CT molecular complexity index is 379. The van der Waals surface area contributed by atoms with Crippen LogP contribution in [0.1, 0.15) is 19.4 Å². The van der Waals surface area contributed by atoms with Crippen molar-refractivity contribution in [2.75, 3.05) is 7.11 Å². The first kappa shape index (κ1) is 14.2. The Kier molecular flexibility index (Phi) is 5.65. The Balaban J connectivity index is 2.64. The number of nitrogens with one attached hydrogen (secondary N) is 1. The standard InChI is InChI=1S/C13H18BrNO2/c1-9(2)12(13(16)17-3)15-8-10-6-4-5-7-11(10)14/h4-7,9,12,15H,8H2,1-3H3/t12-/m1/s1. The molecule has 0 amide bonds. The summed E-state index contributed by atoms with van der Waals surface area (Å²) < 4.78 is 5.82. The molecule has 1 rings (SSSR count). The third-order valence-electron chi connectivity index (χ3n) is 2.59. The van der Waals surface area contributed by atoms with Gasteiger partial charge in [-0.3, -0.25) is 4.79 Å². The van der Waals surface area contributed by atoms with Crippen LogP contribution in [0.15, 0.2) is 28.7 Å². The van der Waals surface area contributed by atoms with E-state index in [0.717, 1.165) is 10.0 Å². The average molecular weight is 300 g/mol. The molecular weight excluding hydrogens is 282 g/mol. The molecule has 0 aliphatic carbocycles. The first-order chi connectivity index (χ1) is 8.06. The third kappa shape index (κ3) is 4.13. The van der Waals surface area contributed by atoms with Gasteiger partial charge in [0.15, 0.2) is 0 Å². The van der Waals surface area contributed by atoms with Crippen molar-refractivity contribution in [3.8, 4) is 0 Å². The highest BCUT2D eigenvalue weighted by molar-refractivity contribution is 9.10. The average Bonchev–Trinajstić information content (AvgIpc) is 2.30. The molecule has 3 nitrogen and oxygen atoms in total. The Labute approximate surface area is 111 Å². The van der Waals surface area contributed by atoms with Crippen LogP contribution in [0.4, 0.5) is 0 Å². The second-order valence-electron chi connectivity index (χ2n) is 4.22. The Morgan fingerprint density at radius 3 is 2.59 bits per heavy atom. The lowest BCUT2D eigenvalue weighted by Gasteiger charge is -2.20. The summed E-state index contributed by atoms with van der Waals surface area (Å²) in [6.45, 7) is 4.63. The summed E-state index contributed by atoms with van der Waals surface area (Å²) in [5.41, 5.74) is 1.13. The number of carbonyl (C=O) groups excluding carboxylic acids is 1. The number of esters is 1. The minimum Gasteiger partial charge on any atom is -0.468 e. The number of hydrogen-bond donors (Lipinski definition) is 1. The van der Waals surface area contributed by atoms with Crippen LogP contribution in [0, 0.1) is 5.92 Å². The van der Waals surface area contributed by atoms with Crippen LogP contribution in [0.5, 0.6) is 0 Å². The van der Waals surface area contributed by atoms with Crippen molar-refractivity contribution in [1.29, 1.82) is 0 Å². The van der Waals surface area contributed by atoms with Gasteiger partial charge in [0.25, 0.3) is 0 Å². The number of methoxy groups -OCH3 is 1. The number of ether oxygens (including phenoxy) is 1. The first-order valence-electron chi connectivity index (χ1n) is 5.61. The van der Waals surface area contributed by atoms with Crippen molar-refractivity contribution < 1.29 is 9.53 Å². The molecule has 0 radical (unpaired) electrons. The third-order valence-corrected chi connectivity index (χ3v) is 3.37. The fourth-order valence-electron chi connectivity index (χ4n) is 1.58. The molecule has 0 aliphatic heterocycles. The van der Waals surface area contributed by atoms with Crippen molar-refractivity contribution in [3.63, 3.8) is 0 Å². The zero-order valence-electron chi connectivity index (χ0n) is 10.4. The van der Waals surface area contributed by atoms with Gasteiger partial charge >= 0.3 is 5.97 Å². The number of hydrogen-bond acceptors (Lipinski definition) is 3. The lowest BCUT2D eigenvalue weighted by Crippen LogP contribution is -2.41. The minimum absolute atomic E-state index is 0.199. The summed E-state index contributed by atoms with van der Waals surface area (Å²) in [6, 6.07) is 7.68. The quantitative estimate of drug-likeness (QED) is 0.850. The van der Waals surface area contributed by atoms with Gasteiger partial charge in [0.2, 0.25) is 0 Å². The zero-order valence-corrected chi connectivity index (χ0v) is 12.0. The van der Waals surface area contributed by atoms with Crippen molar-refractivity contribution in [2.24, 2.45) is 5.92 Å². The predicted octanol–water partition coefficient (Wildman–Crippen LogP) is 2.74. The molecule has 0 heterocycles. The fraction of sp³-hybridized carbons (Fsp3) is 0.462. The summed E-state index contributed by atoms with van der Waals surface area (Å²) in [5, 5.41) is 3.22. The maximum absolute atomic E-state index is 11.6. The van der Waals surface area contributed by atoms with Crippen LogP contribution in [0.3, 0.4) is 0 Å². The number of rotatable bonds is 5. The van der Waals surface area contributed by atoms with Gasteiger partial charge in [-0.15, -0.1) is 0 Å². The summed E-state index contributed by atoms with van der Waals surface area (Å²) in [6.07, 6.45) is 0. The Morgan fingerprint density at radius 2 is 2.06 bits per heavy atom. The number of carbonyl (C=O) groups is 1. The van der Waals surface area contributed by atoms with Crippen molar-refractivity contribution in [3.05, 3.63) is 34.3 Å². The maximum atomic E-state index is 11.6. The molecule has 0 spiro atoms. The molecule has 4 heteroatoms. The molecule has 0 aliphatic rings. The van der Waals surface area contributed by atoms with Crippen LogP contribution in [0.2, 0.25) is 0 Å². The minimum atomic E-state index is -0.271. The van der Waals surface area contributed by atoms with E-state index >= 15 is 0 Å². The highest BCUT2D eigenvalue weighted by Gasteiger charge is 2.22. The smallest absolute Gasteiger partial charge is 0.323 e. The van der Waals surface area contributed by atoms with Crippen molar-refractivity contribution >= 4 is 21.9 Å². The Morgan fingerprint density at radius 1 is 1.41 bits per heavy atom. The van der Waals surface area contributed by atoms with Gasteiger partial charge in [-0.2, -0.15) is 0 Å². The van der Waals surface area contributed by atoms with Gasteiger partial charge in [0, 0.05) is 11.0 Å². The maximum Gasteiger partial charge on any atom is 0.323 e. The van der Waals surface area contributed by atoms with E-state index in [-0.39, 0.29) is 17.9 Å². The van der Waals surface area contributed by atoms with Crippen LogP contribution in [-0.2, 0) is 16.1 Å².